The highest BCUT2D eigenvalue weighted by atomic mass is 16.5. The van der Waals surface area contributed by atoms with Gasteiger partial charge in [0.2, 0.25) is 5.89 Å². The smallest absolute Gasteiger partial charge is 0.232 e. The molecule has 1 fully saturated rings. The fraction of sp³-hybridized carbons (Fsp3) is 0.259. The molecule has 162 valence electrons. The summed E-state index contributed by atoms with van der Waals surface area (Å²) in [5, 5.41) is 4.06. The lowest BCUT2D eigenvalue weighted by molar-refractivity contribution is 0.0259. The summed E-state index contributed by atoms with van der Waals surface area (Å²) in [6.45, 7) is 4.39. The summed E-state index contributed by atoms with van der Waals surface area (Å²) >= 11 is 0. The van der Waals surface area contributed by atoms with Crippen LogP contribution in [0.25, 0.3) is 0 Å². The van der Waals surface area contributed by atoms with Crippen LogP contribution in [0.3, 0.4) is 0 Å². The fourth-order valence-electron chi connectivity index (χ4n) is 5.07. The third-order valence-electron chi connectivity index (χ3n) is 6.33. The molecule has 0 bridgehead atoms. The second kappa shape index (κ2) is 8.69. The van der Waals surface area contributed by atoms with Gasteiger partial charge in [0.05, 0.1) is 18.1 Å². The summed E-state index contributed by atoms with van der Waals surface area (Å²) in [6.07, 6.45) is 0. The zero-order valence-corrected chi connectivity index (χ0v) is 18.6. The zero-order valence-electron chi connectivity index (χ0n) is 18.6. The van der Waals surface area contributed by atoms with Gasteiger partial charge < -0.3 is 4.52 Å². The van der Waals surface area contributed by atoms with E-state index in [4.69, 9.17) is 4.52 Å². The maximum atomic E-state index is 5.62. The Kier molecular flexibility index (Phi) is 5.60. The number of nitrogens with zero attached hydrogens (tertiary/aromatic N) is 4. The Hall–Kier alpha value is -3.28. The van der Waals surface area contributed by atoms with E-state index in [9.17, 15) is 0 Å². The summed E-state index contributed by atoms with van der Waals surface area (Å²) in [7, 11) is 2.16. The van der Waals surface area contributed by atoms with Gasteiger partial charge in [0, 0.05) is 13.1 Å². The Morgan fingerprint density at radius 2 is 1.28 bits per heavy atom. The van der Waals surface area contributed by atoms with Gasteiger partial charge in [-0.2, -0.15) is 4.98 Å². The van der Waals surface area contributed by atoms with Crippen molar-refractivity contribution >= 4 is 0 Å². The first-order valence-corrected chi connectivity index (χ1v) is 11.1. The van der Waals surface area contributed by atoms with E-state index in [1.165, 1.54) is 16.7 Å². The molecule has 5 rings (SSSR count). The third kappa shape index (κ3) is 3.64. The van der Waals surface area contributed by atoms with E-state index in [-0.39, 0.29) is 5.92 Å². The first-order valence-electron chi connectivity index (χ1n) is 11.1. The monoisotopic (exact) mass is 424 g/mol. The Morgan fingerprint density at radius 1 is 0.781 bits per heavy atom. The summed E-state index contributed by atoms with van der Waals surface area (Å²) in [5.74, 6) is 1.52. The van der Waals surface area contributed by atoms with Gasteiger partial charge in [-0.05, 0) is 30.7 Å². The van der Waals surface area contributed by atoms with Crippen molar-refractivity contribution in [1.29, 1.82) is 0 Å². The Labute approximate surface area is 189 Å². The van der Waals surface area contributed by atoms with Crippen LogP contribution in [-0.2, 0) is 5.54 Å². The van der Waals surface area contributed by atoms with Gasteiger partial charge in [0.25, 0.3) is 0 Å². The van der Waals surface area contributed by atoms with E-state index in [0.29, 0.717) is 11.7 Å². The van der Waals surface area contributed by atoms with Gasteiger partial charge in [-0.25, -0.2) is 0 Å². The second-order valence-corrected chi connectivity index (χ2v) is 8.59. The number of aromatic nitrogens is 2. The van der Waals surface area contributed by atoms with E-state index in [1.807, 2.05) is 6.92 Å². The molecular weight excluding hydrogens is 396 g/mol. The minimum Gasteiger partial charge on any atom is -0.339 e. The number of hydrogen-bond donors (Lipinski definition) is 0. The minimum absolute atomic E-state index is 0.130. The summed E-state index contributed by atoms with van der Waals surface area (Å²) in [6, 6.07) is 32.4. The van der Waals surface area contributed by atoms with Crippen LogP contribution in [0.15, 0.2) is 95.5 Å². The van der Waals surface area contributed by atoms with Gasteiger partial charge in [0.15, 0.2) is 5.82 Å². The van der Waals surface area contributed by atoms with E-state index in [0.717, 1.165) is 19.8 Å². The number of hydrogen-bond acceptors (Lipinski definition) is 5. The third-order valence-corrected chi connectivity index (χ3v) is 6.33. The molecule has 0 N–H and O–H groups in total. The fourth-order valence-corrected chi connectivity index (χ4v) is 5.07. The Morgan fingerprint density at radius 3 is 1.72 bits per heavy atom. The topological polar surface area (TPSA) is 45.4 Å². The molecule has 1 aromatic heterocycles. The first kappa shape index (κ1) is 20.6. The standard InChI is InChI=1S/C27H28N4O/c1-21-28-26(32-29-21)22-18-30(2)20-31(19-22)27(23-12-6-3-7-13-23,24-14-8-4-9-15-24)25-16-10-5-11-17-25/h3-17,22H,18-20H2,1-2H3. The molecule has 1 aliphatic heterocycles. The number of aryl methyl sites for hydroxylation is 1. The van der Waals surface area contributed by atoms with Crippen LogP contribution in [-0.4, -0.2) is 46.7 Å². The summed E-state index contributed by atoms with van der Waals surface area (Å²) < 4.78 is 5.62. The number of benzene rings is 3. The normalized spacial score (nSPS) is 18.0. The Balaban J connectivity index is 1.72. The number of likely N-dealkylation sites (N-methyl/N-ethyl adjacent to an activating group) is 1. The van der Waals surface area contributed by atoms with Crippen LogP contribution in [0.4, 0.5) is 0 Å². The maximum absolute atomic E-state index is 5.62. The van der Waals surface area contributed by atoms with Crippen LogP contribution in [0.5, 0.6) is 0 Å². The summed E-state index contributed by atoms with van der Waals surface area (Å²) in [5.41, 5.74) is 3.28. The van der Waals surface area contributed by atoms with E-state index < -0.39 is 5.54 Å². The van der Waals surface area contributed by atoms with Crippen LogP contribution in [0.2, 0.25) is 0 Å². The van der Waals surface area contributed by atoms with Crippen molar-refractivity contribution in [2.75, 3.05) is 26.8 Å². The van der Waals surface area contributed by atoms with E-state index in [2.05, 4.69) is 118 Å². The quantitative estimate of drug-likeness (QED) is 0.436. The van der Waals surface area contributed by atoms with E-state index >= 15 is 0 Å². The highest BCUT2D eigenvalue weighted by molar-refractivity contribution is 5.49. The van der Waals surface area contributed by atoms with Crippen molar-refractivity contribution in [3.63, 3.8) is 0 Å². The SMILES string of the molecule is Cc1noc(C2CN(C)CN(C(c3ccccc3)(c3ccccc3)c3ccccc3)C2)n1. The molecule has 2 heterocycles. The van der Waals surface area contributed by atoms with E-state index in [1.54, 1.807) is 0 Å². The van der Waals surface area contributed by atoms with Crippen molar-refractivity contribution in [3.05, 3.63) is 119 Å². The molecule has 1 atom stereocenters. The molecule has 0 amide bonds. The lowest BCUT2D eigenvalue weighted by Crippen LogP contribution is -2.57. The molecule has 0 spiro atoms. The van der Waals surface area contributed by atoms with Gasteiger partial charge in [-0.1, -0.05) is 96.2 Å². The molecule has 1 saturated heterocycles. The first-order chi connectivity index (χ1) is 15.7. The van der Waals surface area contributed by atoms with Crippen LogP contribution in [0.1, 0.15) is 34.3 Å². The average molecular weight is 425 g/mol. The maximum Gasteiger partial charge on any atom is 0.232 e. The van der Waals surface area contributed by atoms with Gasteiger partial charge in [0.1, 0.15) is 0 Å². The molecule has 5 nitrogen and oxygen atoms in total. The highest BCUT2D eigenvalue weighted by Crippen LogP contribution is 2.44. The average Bonchev–Trinajstić information content (AvgIpc) is 3.28. The highest BCUT2D eigenvalue weighted by Gasteiger charge is 2.45. The molecule has 0 saturated carbocycles. The minimum atomic E-state index is -0.453. The molecule has 1 aliphatic rings. The molecule has 32 heavy (non-hydrogen) atoms. The number of rotatable bonds is 5. The van der Waals surface area contributed by atoms with Crippen LogP contribution in [0, 0.1) is 6.92 Å². The predicted molar refractivity (Wildman–Crippen MR) is 125 cm³/mol. The molecule has 0 aliphatic carbocycles. The molecule has 3 aromatic carbocycles. The van der Waals surface area contributed by atoms with Gasteiger partial charge in [-0.3, -0.25) is 9.80 Å². The van der Waals surface area contributed by atoms with Gasteiger partial charge in [-0.15, -0.1) is 0 Å². The van der Waals surface area contributed by atoms with Crippen molar-refractivity contribution in [2.45, 2.75) is 18.4 Å². The van der Waals surface area contributed by atoms with Crippen molar-refractivity contribution in [2.24, 2.45) is 0 Å². The van der Waals surface area contributed by atoms with Crippen molar-refractivity contribution < 1.29 is 4.52 Å². The summed E-state index contributed by atoms with van der Waals surface area (Å²) in [4.78, 5) is 9.47. The molecule has 1 unspecified atom stereocenters. The largest absolute Gasteiger partial charge is 0.339 e. The second-order valence-electron chi connectivity index (χ2n) is 8.59. The zero-order chi connectivity index (χ0) is 22.0. The molecule has 4 aromatic rings. The molecule has 5 heteroatoms. The van der Waals surface area contributed by atoms with Crippen LogP contribution >= 0.6 is 0 Å². The Bertz CT molecular complexity index is 1050. The van der Waals surface area contributed by atoms with Crippen molar-refractivity contribution in [1.82, 2.24) is 19.9 Å². The predicted octanol–water partition coefficient (Wildman–Crippen LogP) is 4.66. The van der Waals surface area contributed by atoms with Gasteiger partial charge >= 0.3 is 0 Å². The lowest BCUT2D eigenvalue weighted by Gasteiger charge is -2.50. The van der Waals surface area contributed by atoms with Crippen LogP contribution < -0.4 is 0 Å². The lowest BCUT2D eigenvalue weighted by atomic mass is 9.75. The molecular formula is C27H28N4O. The molecule has 0 radical (unpaired) electrons. The van der Waals surface area contributed by atoms with Crippen molar-refractivity contribution in [3.8, 4) is 0 Å².